The number of hydrogen-bond acceptors (Lipinski definition) is 4. The van der Waals surface area contributed by atoms with Crippen molar-refractivity contribution in [3.8, 4) is 0 Å². The van der Waals surface area contributed by atoms with Crippen LogP contribution < -0.4 is 10.6 Å². The zero-order valence-corrected chi connectivity index (χ0v) is 11.6. The summed E-state index contributed by atoms with van der Waals surface area (Å²) in [5.74, 6) is 0. The standard InChI is InChI=1S/C11H19N3O2S/c1-7-6-8(2)11(9(3)10(7)12)17(15,16)13-14(4)5/h6,13H,12H2,1-5H3. The molecule has 0 saturated heterocycles. The molecule has 6 heteroatoms. The topological polar surface area (TPSA) is 75.4 Å². The molecule has 0 aliphatic carbocycles. The number of nitrogens with one attached hydrogen (secondary N) is 1. The number of benzene rings is 1. The molecule has 0 saturated carbocycles. The van der Waals surface area contributed by atoms with Gasteiger partial charge in [0, 0.05) is 19.8 Å². The van der Waals surface area contributed by atoms with Crippen molar-refractivity contribution >= 4 is 15.7 Å². The number of rotatable bonds is 3. The van der Waals surface area contributed by atoms with Crippen molar-refractivity contribution in [2.45, 2.75) is 25.7 Å². The molecule has 0 atom stereocenters. The summed E-state index contributed by atoms with van der Waals surface area (Å²) in [4.78, 5) is 2.67. The van der Waals surface area contributed by atoms with Gasteiger partial charge in [0.15, 0.2) is 0 Å². The van der Waals surface area contributed by atoms with Crippen LogP contribution in [0.4, 0.5) is 5.69 Å². The van der Waals surface area contributed by atoms with Gasteiger partial charge in [0.05, 0.1) is 4.90 Å². The maximum absolute atomic E-state index is 12.1. The molecule has 0 fully saturated rings. The third kappa shape index (κ3) is 2.77. The Bertz CT molecular complexity index is 536. The van der Waals surface area contributed by atoms with Crippen LogP contribution in [-0.4, -0.2) is 27.5 Å². The molecule has 1 aromatic carbocycles. The third-order valence-corrected chi connectivity index (χ3v) is 4.30. The molecular weight excluding hydrogens is 238 g/mol. The molecule has 0 radical (unpaired) electrons. The molecule has 0 amide bonds. The molecule has 3 N–H and O–H groups in total. The summed E-state index contributed by atoms with van der Waals surface area (Å²) < 4.78 is 24.3. The minimum atomic E-state index is -3.56. The highest BCUT2D eigenvalue weighted by molar-refractivity contribution is 7.89. The predicted octanol–water partition coefficient (Wildman–Crippen LogP) is 0.949. The van der Waals surface area contributed by atoms with Gasteiger partial charge in [0.25, 0.3) is 10.0 Å². The lowest BCUT2D eigenvalue weighted by Gasteiger charge is -2.18. The van der Waals surface area contributed by atoms with Crippen LogP contribution in [0.15, 0.2) is 11.0 Å². The fraction of sp³-hybridized carbons (Fsp3) is 0.455. The molecule has 17 heavy (non-hydrogen) atoms. The number of anilines is 1. The average Bonchev–Trinajstić information content (AvgIpc) is 2.11. The first-order valence-electron chi connectivity index (χ1n) is 5.23. The molecule has 5 nitrogen and oxygen atoms in total. The fourth-order valence-electron chi connectivity index (χ4n) is 1.88. The predicted molar refractivity (Wildman–Crippen MR) is 69.1 cm³/mol. The maximum atomic E-state index is 12.1. The van der Waals surface area contributed by atoms with Gasteiger partial charge < -0.3 is 5.73 Å². The van der Waals surface area contributed by atoms with Gasteiger partial charge in [0.2, 0.25) is 0 Å². The Balaban J connectivity index is 3.47. The SMILES string of the molecule is Cc1cc(C)c(S(=O)(=O)NN(C)C)c(C)c1N. The molecule has 0 unspecified atom stereocenters. The van der Waals surface area contributed by atoms with Crippen LogP contribution in [0.3, 0.4) is 0 Å². The quantitative estimate of drug-likeness (QED) is 0.624. The van der Waals surface area contributed by atoms with E-state index < -0.39 is 10.0 Å². The van der Waals surface area contributed by atoms with Gasteiger partial charge in [-0.1, -0.05) is 6.07 Å². The monoisotopic (exact) mass is 257 g/mol. The van der Waals surface area contributed by atoms with Crippen LogP contribution in [0, 0.1) is 20.8 Å². The fourth-order valence-corrected chi connectivity index (χ4v) is 3.45. The number of nitrogen functional groups attached to an aromatic ring is 1. The first kappa shape index (κ1) is 14.0. The molecule has 0 bridgehead atoms. The van der Waals surface area contributed by atoms with Crippen LogP contribution in [0.5, 0.6) is 0 Å². The third-order valence-electron chi connectivity index (χ3n) is 2.53. The molecule has 1 aromatic rings. The van der Waals surface area contributed by atoms with Crippen LogP contribution in [0.1, 0.15) is 16.7 Å². The van der Waals surface area contributed by atoms with E-state index >= 15 is 0 Å². The lowest BCUT2D eigenvalue weighted by atomic mass is 10.1. The van der Waals surface area contributed by atoms with Gasteiger partial charge in [-0.15, -0.1) is 4.83 Å². The zero-order valence-electron chi connectivity index (χ0n) is 10.8. The van der Waals surface area contributed by atoms with E-state index in [9.17, 15) is 8.42 Å². The van der Waals surface area contributed by atoms with Crippen molar-refractivity contribution in [2.24, 2.45) is 0 Å². The zero-order chi connectivity index (χ0) is 13.4. The minimum absolute atomic E-state index is 0.259. The Morgan fingerprint density at radius 2 is 1.71 bits per heavy atom. The summed E-state index contributed by atoms with van der Waals surface area (Å²) in [5.41, 5.74) is 8.58. The minimum Gasteiger partial charge on any atom is -0.398 e. The molecular formula is C11H19N3O2S. The second-order valence-electron chi connectivity index (χ2n) is 4.37. The number of hydrogen-bond donors (Lipinski definition) is 2. The Morgan fingerprint density at radius 3 is 2.18 bits per heavy atom. The van der Waals surface area contributed by atoms with Crippen LogP contribution in [0.2, 0.25) is 0 Å². The van der Waals surface area contributed by atoms with Crippen molar-refractivity contribution in [1.82, 2.24) is 9.84 Å². The highest BCUT2D eigenvalue weighted by Gasteiger charge is 2.22. The Hall–Kier alpha value is -1.11. The lowest BCUT2D eigenvalue weighted by molar-refractivity contribution is 0.363. The molecule has 96 valence electrons. The normalized spacial score (nSPS) is 12.1. The largest absolute Gasteiger partial charge is 0.398 e. The number of hydrazine groups is 1. The first-order chi connectivity index (χ1) is 7.66. The van der Waals surface area contributed by atoms with Crippen molar-refractivity contribution in [3.05, 3.63) is 22.8 Å². The summed E-state index contributed by atoms with van der Waals surface area (Å²) in [6, 6.07) is 1.78. The van der Waals surface area contributed by atoms with Crippen LogP contribution in [0.25, 0.3) is 0 Å². The number of nitrogens with two attached hydrogens (primary N) is 1. The van der Waals surface area contributed by atoms with Crippen LogP contribution >= 0.6 is 0 Å². The second kappa shape index (κ2) is 4.64. The van der Waals surface area contributed by atoms with Crippen molar-refractivity contribution in [1.29, 1.82) is 0 Å². The number of nitrogens with zero attached hydrogens (tertiary/aromatic N) is 1. The van der Waals surface area contributed by atoms with E-state index in [2.05, 4.69) is 4.83 Å². The summed E-state index contributed by atoms with van der Waals surface area (Å²) in [6.45, 7) is 5.36. The second-order valence-corrected chi connectivity index (χ2v) is 5.97. The molecule has 0 aliphatic heterocycles. The van der Waals surface area contributed by atoms with Gasteiger partial charge in [-0.3, -0.25) is 0 Å². The Labute approximate surface area is 103 Å². The van der Waals surface area contributed by atoms with E-state index in [0.29, 0.717) is 16.8 Å². The van der Waals surface area contributed by atoms with Gasteiger partial charge >= 0.3 is 0 Å². The summed E-state index contributed by atoms with van der Waals surface area (Å²) >= 11 is 0. The Kier molecular flexibility index (Phi) is 3.81. The maximum Gasteiger partial charge on any atom is 0.254 e. The van der Waals surface area contributed by atoms with Gasteiger partial charge in [-0.05, 0) is 37.5 Å². The van der Waals surface area contributed by atoms with E-state index in [-0.39, 0.29) is 4.90 Å². The van der Waals surface area contributed by atoms with Crippen molar-refractivity contribution in [3.63, 3.8) is 0 Å². The highest BCUT2D eigenvalue weighted by Crippen LogP contribution is 2.27. The number of aryl methyl sites for hydroxylation is 2. The lowest BCUT2D eigenvalue weighted by Crippen LogP contribution is -2.36. The van der Waals surface area contributed by atoms with E-state index in [0.717, 1.165) is 5.56 Å². The summed E-state index contributed by atoms with van der Waals surface area (Å²) in [7, 11) is -0.315. The van der Waals surface area contributed by atoms with Gasteiger partial charge in [-0.2, -0.15) is 0 Å². The molecule has 0 spiro atoms. The van der Waals surface area contributed by atoms with E-state index in [1.54, 1.807) is 34.0 Å². The summed E-state index contributed by atoms with van der Waals surface area (Å²) in [6.07, 6.45) is 0. The van der Waals surface area contributed by atoms with Gasteiger partial charge in [-0.25, -0.2) is 13.4 Å². The molecule has 1 rings (SSSR count). The van der Waals surface area contributed by atoms with E-state index in [1.807, 2.05) is 6.92 Å². The summed E-state index contributed by atoms with van der Waals surface area (Å²) in [5, 5.41) is 1.39. The smallest absolute Gasteiger partial charge is 0.254 e. The molecule has 0 aliphatic rings. The average molecular weight is 257 g/mol. The van der Waals surface area contributed by atoms with Gasteiger partial charge in [0.1, 0.15) is 0 Å². The van der Waals surface area contributed by atoms with Crippen molar-refractivity contribution < 1.29 is 8.42 Å². The number of sulfonamides is 1. The molecule has 0 heterocycles. The van der Waals surface area contributed by atoms with Crippen molar-refractivity contribution in [2.75, 3.05) is 19.8 Å². The molecule has 0 aromatic heterocycles. The van der Waals surface area contributed by atoms with Crippen LogP contribution in [-0.2, 0) is 10.0 Å². The first-order valence-corrected chi connectivity index (χ1v) is 6.71. The van der Waals surface area contributed by atoms with E-state index in [4.69, 9.17) is 5.73 Å². The Morgan fingerprint density at radius 1 is 1.18 bits per heavy atom. The highest BCUT2D eigenvalue weighted by atomic mass is 32.2. The van der Waals surface area contributed by atoms with E-state index in [1.165, 1.54) is 5.01 Å².